The first kappa shape index (κ1) is 19.0. The van der Waals surface area contributed by atoms with E-state index in [1.165, 1.54) is 24.2 Å². The van der Waals surface area contributed by atoms with Crippen molar-refractivity contribution in [2.24, 2.45) is 16.6 Å². The molecular formula is C20H31N3O3. The number of ether oxygens (including phenoxy) is 2. The molecule has 3 aliphatic rings. The van der Waals surface area contributed by atoms with E-state index in [2.05, 4.69) is 4.99 Å². The van der Waals surface area contributed by atoms with Crippen LogP contribution in [0.5, 0.6) is 0 Å². The molecule has 1 fully saturated rings. The number of rotatable bonds is 7. The molecule has 0 aromatic heterocycles. The van der Waals surface area contributed by atoms with E-state index >= 15 is 0 Å². The summed E-state index contributed by atoms with van der Waals surface area (Å²) in [4.78, 5) is 19.0. The molecule has 6 heteroatoms. The SMILES string of the molecule is CCOC1=CC=CC(OCC2(CC3CCCCC3)N=C(N)N(C)C2=O)C1. The number of likely N-dealkylation sites (N-methyl/N-ethyl adjacent to an activating group) is 1. The van der Waals surface area contributed by atoms with Gasteiger partial charge in [-0.05, 0) is 25.3 Å². The highest BCUT2D eigenvalue weighted by atomic mass is 16.5. The monoisotopic (exact) mass is 361 g/mol. The van der Waals surface area contributed by atoms with Gasteiger partial charge in [-0.25, -0.2) is 4.99 Å². The third-order valence-corrected chi connectivity index (χ3v) is 5.60. The molecule has 0 bridgehead atoms. The molecule has 0 aromatic rings. The topological polar surface area (TPSA) is 77.2 Å². The number of amides is 1. The van der Waals surface area contributed by atoms with Crippen molar-refractivity contribution in [2.45, 2.75) is 63.5 Å². The third kappa shape index (κ3) is 4.11. The highest BCUT2D eigenvalue weighted by Gasteiger charge is 2.48. The van der Waals surface area contributed by atoms with E-state index in [-0.39, 0.29) is 18.6 Å². The lowest BCUT2D eigenvalue weighted by atomic mass is 9.79. The molecule has 0 aromatic carbocycles. The average Bonchev–Trinajstić information content (AvgIpc) is 2.86. The zero-order valence-electron chi connectivity index (χ0n) is 15.9. The summed E-state index contributed by atoms with van der Waals surface area (Å²) in [6, 6.07) is 0. The van der Waals surface area contributed by atoms with Crippen molar-refractivity contribution in [3.8, 4) is 0 Å². The molecule has 3 rings (SSSR count). The third-order valence-electron chi connectivity index (χ3n) is 5.60. The van der Waals surface area contributed by atoms with Crippen LogP contribution < -0.4 is 5.73 Å². The number of carbonyl (C=O) groups excluding carboxylic acids is 1. The van der Waals surface area contributed by atoms with Gasteiger partial charge in [0.15, 0.2) is 11.5 Å². The summed E-state index contributed by atoms with van der Waals surface area (Å²) in [5, 5.41) is 0. The van der Waals surface area contributed by atoms with Crippen molar-refractivity contribution >= 4 is 11.9 Å². The summed E-state index contributed by atoms with van der Waals surface area (Å²) in [6.45, 7) is 2.88. The van der Waals surface area contributed by atoms with Gasteiger partial charge in [0, 0.05) is 13.5 Å². The Morgan fingerprint density at radius 1 is 1.35 bits per heavy atom. The van der Waals surface area contributed by atoms with Crippen LogP contribution in [-0.2, 0) is 14.3 Å². The quantitative estimate of drug-likeness (QED) is 0.756. The Balaban J connectivity index is 1.68. The van der Waals surface area contributed by atoms with Crippen LogP contribution in [0.4, 0.5) is 0 Å². The van der Waals surface area contributed by atoms with Gasteiger partial charge < -0.3 is 15.2 Å². The smallest absolute Gasteiger partial charge is 0.259 e. The van der Waals surface area contributed by atoms with Gasteiger partial charge in [-0.15, -0.1) is 0 Å². The number of hydrogen-bond donors (Lipinski definition) is 1. The van der Waals surface area contributed by atoms with Gasteiger partial charge in [0.25, 0.3) is 5.91 Å². The standard InChI is InChI=1S/C20H31N3O3/c1-3-25-16-10-7-11-17(12-16)26-14-20(13-15-8-5-4-6-9-15)18(24)23(2)19(21)22-20/h7,10-11,15,17H,3-6,8-9,12-14H2,1-2H3,(H2,21,22). The minimum absolute atomic E-state index is 0.0408. The van der Waals surface area contributed by atoms with E-state index in [0.29, 0.717) is 24.9 Å². The lowest BCUT2D eigenvalue weighted by Crippen LogP contribution is -2.47. The molecule has 1 amide bonds. The highest BCUT2D eigenvalue weighted by Crippen LogP contribution is 2.36. The zero-order chi connectivity index (χ0) is 18.6. The fourth-order valence-electron chi connectivity index (χ4n) is 4.19. The Bertz CT molecular complexity index is 607. The molecule has 0 radical (unpaired) electrons. The molecule has 6 nitrogen and oxygen atoms in total. The van der Waals surface area contributed by atoms with E-state index in [1.807, 2.05) is 25.2 Å². The summed E-state index contributed by atoms with van der Waals surface area (Å²) in [7, 11) is 1.69. The second-order valence-corrected chi connectivity index (χ2v) is 7.58. The van der Waals surface area contributed by atoms with Crippen LogP contribution >= 0.6 is 0 Å². The number of nitrogens with zero attached hydrogens (tertiary/aromatic N) is 2. The average molecular weight is 361 g/mol. The number of guanidine groups is 1. The Kier molecular flexibility index (Phi) is 6.01. The van der Waals surface area contributed by atoms with E-state index in [0.717, 1.165) is 25.0 Å². The highest BCUT2D eigenvalue weighted by molar-refractivity contribution is 6.06. The predicted molar refractivity (Wildman–Crippen MR) is 102 cm³/mol. The van der Waals surface area contributed by atoms with Crippen molar-refractivity contribution < 1.29 is 14.3 Å². The largest absolute Gasteiger partial charge is 0.498 e. The molecule has 2 N–H and O–H groups in total. The molecule has 1 saturated carbocycles. The summed E-state index contributed by atoms with van der Waals surface area (Å²) >= 11 is 0. The van der Waals surface area contributed by atoms with Gasteiger partial charge in [0.05, 0.1) is 25.1 Å². The lowest BCUT2D eigenvalue weighted by molar-refractivity contribution is -0.134. The van der Waals surface area contributed by atoms with Crippen molar-refractivity contribution in [2.75, 3.05) is 20.3 Å². The normalized spacial score (nSPS) is 29.7. The van der Waals surface area contributed by atoms with Crippen LogP contribution in [-0.4, -0.2) is 48.7 Å². The van der Waals surface area contributed by atoms with Crippen LogP contribution in [0.15, 0.2) is 29.0 Å². The van der Waals surface area contributed by atoms with Crippen molar-refractivity contribution in [1.82, 2.24) is 4.90 Å². The molecule has 0 saturated heterocycles. The maximum atomic E-state index is 12.9. The maximum absolute atomic E-state index is 12.9. The molecule has 26 heavy (non-hydrogen) atoms. The van der Waals surface area contributed by atoms with Crippen molar-refractivity contribution in [3.63, 3.8) is 0 Å². The zero-order valence-corrected chi connectivity index (χ0v) is 15.9. The molecule has 144 valence electrons. The maximum Gasteiger partial charge on any atom is 0.259 e. The predicted octanol–water partition coefficient (Wildman–Crippen LogP) is 2.75. The fraction of sp³-hybridized carbons (Fsp3) is 0.700. The molecular weight excluding hydrogens is 330 g/mol. The number of carbonyl (C=O) groups is 1. The van der Waals surface area contributed by atoms with E-state index < -0.39 is 5.54 Å². The molecule has 2 unspecified atom stereocenters. The van der Waals surface area contributed by atoms with Gasteiger partial charge in [0.2, 0.25) is 0 Å². The number of aliphatic imine (C=N–C) groups is 1. The molecule has 0 spiro atoms. The van der Waals surface area contributed by atoms with Gasteiger partial charge in [-0.3, -0.25) is 9.69 Å². The Morgan fingerprint density at radius 3 is 2.77 bits per heavy atom. The number of allylic oxidation sites excluding steroid dienone is 2. The number of nitrogens with two attached hydrogens (primary N) is 1. The van der Waals surface area contributed by atoms with E-state index in [9.17, 15) is 4.79 Å². The van der Waals surface area contributed by atoms with Crippen molar-refractivity contribution in [1.29, 1.82) is 0 Å². The van der Waals surface area contributed by atoms with Crippen LogP contribution in [0.2, 0.25) is 0 Å². The first-order valence-corrected chi connectivity index (χ1v) is 9.79. The minimum atomic E-state index is -0.873. The van der Waals surface area contributed by atoms with Crippen LogP contribution in [0.1, 0.15) is 51.9 Å². The van der Waals surface area contributed by atoms with Gasteiger partial charge in [-0.1, -0.05) is 44.3 Å². The number of hydrogen-bond acceptors (Lipinski definition) is 5. The van der Waals surface area contributed by atoms with E-state index in [1.54, 1.807) is 7.05 Å². The first-order valence-electron chi connectivity index (χ1n) is 9.79. The summed E-state index contributed by atoms with van der Waals surface area (Å²) in [5.41, 5.74) is 5.10. The first-order chi connectivity index (χ1) is 12.5. The molecule has 1 heterocycles. The minimum Gasteiger partial charge on any atom is -0.498 e. The van der Waals surface area contributed by atoms with E-state index in [4.69, 9.17) is 15.2 Å². The Hall–Kier alpha value is -1.82. The lowest BCUT2D eigenvalue weighted by Gasteiger charge is -2.32. The molecule has 1 aliphatic heterocycles. The Labute approximate surface area is 156 Å². The van der Waals surface area contributed by atoms with Gasteiger partial charge in [-0.2, -0.15) is 0 Å². The van der Waals surface area contributed by atoms with Crippen LogP contribution in [0, 0.1) is 5.92 Å². The van der Waals surface area contributed by atoms with Gasteiger partial charge in [0.1, 0.15) is 0 Å². The molecule has 2 aliphatic carbocycles. The summed E-state index contributed by atoms with van der Waals surface area (Å²) in [6.07, 6.45) is 13.3. The Morgan fingerprint density at radius 2 is 2.12 bits per heavy atom. The second kappa shape index (κ2) is 8.25. The summed E-state index contributed by atoms with van der Waals surface area (Å²) < 4.78 is 11.7. The second-order valence-electron chi connectivity index (χ2n) is 7.58. The fourth-order valence-corrected chi connectivity index (χ4v) is 4.19. The van der Waals surface area contributed by atoms with Gasteiger partial charge >= 0.3 is 0 Å². The van der Waals surface area contributed by atoms with Crippen LogP contribution in [0.3, 0.4) is 0 Å². The molecule has 2 atom stereocenters. The summed E-state index contributed by atoms with van der Waals surface area (Å²) in [5.74, 6) is 1.68. The van der Waals surface area contributed by atoms with Crippen molar-refractivity contribution in [3.05, 3.63) is 24.0 Å². The van der Waals surface area contributed by atoms with Crippen LogP contribution in [0.25, 0.3) is 0 Å².